The summed E-state index contributed by atoms with van der Waals surface area (Å²) >= 11 is 0. The van der Waals surface area contributed by atoms with Crippen molar-refractivity contribution in [2.45, 2.75) is 12.1 Å². The molecule has 0 aliphatic carbocycles. The predicted molar refractivity (Wildman–Crippen MR) is 114 cm³/mol. The second-order valence-corrected chi connectivity index (χ2v) is 7.40. The molecule has 2 heterocycles. The zero-order valence-corrected chi connectivity index (χ0v) is 16.7. The van der Waals surface area contributed by atoms with Crippen molar-refractivity contribution in [2.75, 3.05) is 17.1 Å². The van der Waals surface area contributed by atoms with E-state index in [1.807, 2.05) is 30.3 Å². The maximum Gasteiger partial charge on any atom is 0.266 e. The molecule has 0 radical (unpaired) electrons. The summed E-state index contributed by atoms with van der Waals surface area (Å²) in [4.78, 5) is 34.1. The molecule has 3 aromatic carbocycles. The Morgan fingerprint density at radius 1 is 0.871 bits per heavy atom. The fourth-order valence-electron chi connectivity index (χ4n) is 4.32. The van der Waals surface area contributed by atoms with Crippen LogP contribution >= 0.6 is 0 Å². The van der Waals surface area contributed by atoms with Gasteiger partial charge in [-0.25, -0.2) is 9.96 Å². The van der Waals surface area contributed by atoms with Crippen molar-refractivity contribution in [3.8, 4) is 11.5 Å². The summed E-state index contributed by atoms with van der Waals surface area (Å²) in [6.45, 7) is 0. The average molecular weight is 416 g/mol. The van der Waals surface area contributed by atoms with Crippen LogP contribution in [0.4, 0.5) is 11.4 Å². The molecule has 3 aromatic rings. The number of hydroxylamine groups is 1. The van der Waals surface area contributed by atoms with Crippen molar-refractivity contribution < 1.29 is 24.3 Å². The van der Waals surface area contributed by atoms with E-state index in [1.165, 1.54) is 7.11 Å². The average Bonchev–Trinajstić information content (AvgIpc) is 3.31. The van der Waals surface area contributed by atoms with Crippen LogP contribution in [0, 0.1) is 5.92 Å². The van der Waals surface area contributed by atoms with Gasteiger partial charge in [-0.2, -0.15) is 0 Å². The van der Waals surface area contributed by atoms with E-state index in [9.17, 15) is 14.7 Å². The van der Waals surface area contributed by atoms with Gasteiger partial charge in [0.25, 0.3) is 5.91 Å². The molecule has 7 heteroatoms. The third-order valence-corrected chi connectivity index (χ3v) is 5.71. The van der Waals surface area contributed by atoms with Crippen LogP contribution in [-0.4, -0.2) is 30.1 Å². The first-order valence-electron chi connectivity index (χ1n) is 9.91. The van der Waals surface area contributed by atoms with Gasteiger partial charge in [0.15, 0.2) is 6.10 Å². The summed E-state index contributed by atoms with van der Waals surface area (Å²) < 4.78 is 5.36. The fourth-order valence-corrected chi connectivity index (χ4v) is 4.32. The lowest BCUT2D eigenvalue weighted by Crippen LogP contribution is -2.37. The standard InChI is InChI=1S/C24H20N2O5/c1-30-19-14-8-6-12-17(19)25-23(28)20-21(16-11-5-7-13-18(16)27)26(31-22(20)24(25)29)15-9-3-2-4-10-15/h2-14,20-22,27H,1H3/t20-,21-,22+/m1/s1. The van der Waals surface area contributed by atoms with Gasteiger partial charge in [-0.05, 0) is 30.3 Å². The van der Waals surface area contributed by atoms with Crippen LogP contribution in [0.3, 0.4) is 0 Å². The Balaban J connectivity index is 1.62. The molecule has 2 aliphatic heterocycles. The quantitative estimate of drug-likeness (QED) is 0.657. The summed E-state index contributed by atoms with van der Waals surface area (Å²) in [7, 11) is 1.49. The van der Waals surface area contributed by atoms with E-state index >= 15 is 0 Å². The van der Waals surface area contributed by atoms with Gasteiger partial charge in [-0.1, -0.05) is 48.5 Å². The molecule has 0 saturated carbocycles. The van der Waals surface area contributed by atoms with E-state index in [2.05, 4.69) is 0 Å². The number of methoxy groups -OCH3 is 1. The van der Waals surface area contributed by atoms with E-state index in [1.54, 1.807) is 53.6 Å². The molecule has 2 amide bonds. The number of para-hydroxylation sites is 4. The van der Waals surface area contributed by atoms with Crippen molar-refractivity contribution in [3.63, 3.8) is 0 Å². The number of benzene rings is 3. The molecule has 2 saturated heterocycles. The lowest BCUT2D eigenvalue weighted by molar-refractivity contribution is -0.126. The van der Waals surface area contributed by atoms with Gasteiger partial charge in [0.2, 0.25) is 5.91 Å². The van der Waals surface area contributed by atoms with Gasteiger partial charge in [0.1, 0.15) is 17.4 Å². The Morgan fingerprint density at radius 3 is 2.29 bits per heavy atom. The second kappa shape index (κ2) is 7.45. The maximum absolute atomic E-state index is 13.6. The maximum atomic E-state index is 13.6. The molecule has 31 heavy (non-hydrogen) atoms. The number of imide groups is 1. The zero-order chi connectivity index (χ0) is 21.5. The van der Waals surface area contributed by atoms with Crippen LogP contribution in [0.1, 0.15) is 11.6 Å². The van der Waals surface area contributed by atoms with E-state index in [0.29, 0.717) is 22.7 Å². The Bertz CT molecular complexity index is 1150. The largest absolute Gasteiger partial charge is 0.508 e. The van der Waals surface area contributed by atoms with Gasteiger partial charge < -0.3 is 9.84 Å². The summed E-state index contributed by atoms with van der Waals surface area (Å²) in [6.07, 6.45) is -1.01. The number of hydrogen-bond acceptors (Lipinski definition) is 6. The molecule has 0 aromatic heterocycles. The number of carbonyl (C=O) groups excluding carboxylic acids is 2. The normalized spacial score (nSPS) is 22.7. The molecule has 156 valence electrons. The minimum atomic E-state index is -1.01. The van der Waals surface area contributed by atoms with Gasteiger partial charge >= 0.3 is 0 Å². The number of rotatable bonds is 4. The molecule has 2 aliphatic rings. The number of anilines is 2. The van der Waals surface area contributed by atoms with Crippen LogP contribution in [0.25, 0.3) is 0 Å². The van der Waals surface area contributed by atoms with Crippen molar-refractivity contribution in [2.24, 2.45) is 5.92 Å². The summed E-state index contributed by atoms with van der Waals surface area (Å²) in [5.74, 6) is -1.23. The fraction of sp³-hybridized carbons (Fsp3) is 0.167. The highest BCUT2D eigenvalue weighted by Crippen LogP contribution is 2.50. The molecule has 0 unspecified atom stereocenters. The first-order valence-corrected chi connectivity index (χ1v) is 9.91. The van der Waals surface area contributed by atoms with E-state index in [0.717, 1.165) is 4.90 Å². The Hall–Kier alpha value is -3.84. The highest BCUT2D eigenvalue weighted by Gasteiger charge is 2.61. The number of phenols is 1. The number of carbonyl (C=O) groups is 2. The first kappa shape index (κ1) is 19.1. The summed E-state index contributed by atoms with van der Waals surface area (Å²) in [5.41, 5.74) is 1.58. The number of fused-ring (bicyclic) bond motifs is 1. The number of nitrogens with zero attached hydrogens (tertiary/aromatic N) is 2. The molecule has 1 N–H and O–H groups in total. The molecule has 7 nitrogen and oxygen atoms in total. The van der Waals surface area contributed by atoms with Crippen LogP contribution in [-0.2, 0) is 14.4 Å². The van der Waals surface area contributed by atoms with Crippen molar-refractivity contribution in [3.05, 3.63) is 84.4 Å². The molecular weight excluding hydrogens is 396 g/mol. The molecule has 3 atom stereocenters. The predicted octanol–water partition coefficient (Wildman–Crippen LogP) is 3.45. The van der Waals surface area contributed by atoms with Crippen LogP contribution in [0.5, 0.6) is 11.5 Å². The van der Waals surface area contributed by atoms with E-state index < -0.39 is 29.9 Å². The molecule has 0 spiro atoms. The van der Waals surface area contributed by atoms with Crippen LogP contribution < -0.4 is 14.7 Å². The minimum Gasteiger partial charge on any atom is -0.508 e. The Morgan fingerprint density at radius 2 is 1.55 bits per heavy atom. The van der Waals surface area contributed by atoms with Gasteiger partial charge in [-0.15, -0.1) is 0 Å². The van der Waals surface area contributed by atoms with E-state index in [-0.39, 0.29) is 5.75 Å². The number of phenolic OH excluding ortho intramolecular Hbond substituents is 1. The monoisotopic (exact) mass is 416 g/mol. The van der Waals surface area contributed by atoms with Gasteiger partial charge in [0, 0.05) is 5.56 Å². The minimum absolute atomic E-state index is 0.0358. The van der Waals surface area contributed by atoms with Gasteiger partial charge in [-0.3, -0.25) is 14.4 Å². The zero-order valence-electron chi connectivity index (χ0n) is 16.7. The topological polar surface area (TPSA) is 79.3 Å². The van der Waals surface area contributed by atoms with Gasteiger partial charge in [0.05, 0.1) is 24.5 Å². The molecule has 0 bridgehead atoms. The summed E-state index contributed by atoms with van der Waals surface area (Å²) in [6, 6.07) is 22.2. The number of ether oxygens (including phenoxy) is 1. The first-order chi connectivity index (χ1) is 15.1. The summed E-state index contributed by atoms with van der Waals surface area (Å²) in [5, 5.41) is 12.1. The molecular formula is C24H20N2O5. The van der Waals surface area contributed by atoms with Crippen LogP contribution in [0.2, 0.25) is 0 Å². The lowest BCUT2D eigenvalue weighted by Gasteiger charge is -2.29. The lowest BCUT2D eigenvalue weighted by atomic mass is 9.90. The number of aromatic hydroxyl groups is 1. The molecule has 2 fully saturated rings. The highest BCUT2D eigenvalue weighted by atomic mass is 16.7. The second-order valence-electron chi connectivity index (χ2n) is 7.40. The number of amides is 2. The number of hydrogen-bond donors (Lipinski definition) is 1. The van der Waals surface area contributed by atoms with Crippen LogP contribution in [0.15, 0.2) is 78.9 Å². The third kappa shape index (κ3) is 2.93. The van der Waals surface area contributed by atoms with E-state index in [4.69, 9.17) is 9.57 Å². The highest BCUT2D eigenvalue weighted by molar-refractivity contribution is 6.24. The Labute approximate surface area is 179 Å². The van der Waals surface area contributed by atoms with Crippen molar-refractivity contribution in [1.29, 1.82) is 0 Å². The molecule has 5 rings (SSSR count). The third-order valence-electron chi connectivity index (χ3n) is 5.71. The Kier molecular flexibility index (Phi) is 4.60. The smallest absolute Gasteiger partial charge is 0.266 e. The van der Waals surface area contributed by atoms with Crippen molar-refractivity contribution >= 4 is 23.2 Å². The van der Waals surface area contributed by atoms with Crippen molar-refractivity contribution in [1.82, 2.24) is 0 Å². The SMILES string of the molecule is COc1ccccc1N1C(=O)[C@H]2[C@H](ON(c3ccccc3)[C@@H]2c2ccccc2O)C1=O.